The van der Waals surface area contributed by atoms with Crippen LogP contribution < -0.4 is 5.32 Å². The zero-order valence-electron chi connectivity index (χ0n) is 9.19. The van der Waals surface area contributed by atoms with Crippen LogP contribution in [0.4, 0.5) is 5.69 Å². The Morgan fingerprint density at radius 3 is 2.67 bits per heavy atom. The van der Waals surface area contributed by atoms with Gasteiger partial charge in [0.05, 0.1) is 13.0 Å². The lowest BCUT2D eigenvalue weighted by molar-refractivity contribution is -0.143. The summed E-state index contributed by atoms with van der Waals surface area (Å²) in [6, 6.07) is 9.91. The van der Waals surface area contributed by atoms with Crippen LogP contribution in [0.2, 0.25) is 0 Å². The third-order valence-electron chi connectivity index (χ3n) is 1.97. The number of benzene rings is 1. The molecule has 0 saturated carbocycles. The molecule has 3 heteroatoms. The number of para-hydroxylation sites is 1. The van der Waals surface area contributed by atoms with Gasteiger partial charge in [0, 0.05) is 11.7 Å². The Labute approximate surface area is 90.4 Å². The van der Waals surface area contributed by atoms with Crippen molar-refractivity contribution in [3.63, 3.8) is 0 Å². The van der Waals surface area contributed by atoms with E-state index in [0.717, 1.165) is 5.69 Å². The Bertz CT molecular complexity index is 298. The molecule has 3 nitrogen and oxygen atoms in total. The standard InChI is InChI=1S/C12H17NO2/c1-3-15-12(14)9-10(2)13-11-7-5-4-6-8-11/h4-8,10,13H,3,9H2,1-2H3/t10-/m0/s1. The van der Waals surface area contributed by atoms with Crippen LogP contribution in [0, 0.1) is 0 Å². The van der Waals surface area contributed by atoms with Gasteiger partial charge in [0.25, 0.3) is 0 Å². The van der Waals surface area contributed by atoms with Crippen LogP contribution in [-0.2, 0) is 9.53 Å². The highest BCUT2D eigenvalue weighted by Gasteiger charge is 2.08. The monoisotopic (exact) mass is 207 g/mol. The molecule has 0 aliphatic heterocycles. The minimum Gasteiger partial charge on any atom is -0.466 e. The van der Waals surface area contributed by atoms with Gasteiger partial charge in [0.2, 0.25) is 0 Å². The lowest BCUT2D eigenvalue weighted by atomic mass is 10.2. The van der Waals surface area contributed by atoms with Crippen molar-refractivity contribution in [3.8, 4) is 0 Å². The van der Waals surface area contributed by atoms with E-state index in [9.17, 15) is 4.79 Å². The summed E-state index contributed by atoms with van der Waals surface area (Å²) < 4.78 is 4.87. The van der Waals surface area contributed by atoms with Gasteiger partial charge in [-0.05, 0) is 26.0 Å². The Hall–Kier alpha value is -1.51. The van der Waals surface area contributed by atoms with Crippen molar-refractivity contribution < 1.29 is 9.53 Å². The molecule has 1 rings (SSSR count). The van der Waals surface area contributed by atoms with E-state index in [-0.39, 0.29) is 12.0 Å². The van der Waals surface area contributed by atoms with Gasteiger partial charge in [-0.15, -0.1) is 0 Å². The molecule has 0 unspecified atom stereocenters. The number of nitrogens with one attached hydrogen (secondary N) is 1. The molecule has 1 aromatic carbocycles. The van der Waals surface area contributed by atoms with Crippen molar-refractivity contribution in [1.82, 2.24) is 0 Å². The number of ether oxygens (including phenoxy) is 1. The molecule has 0 aliphatic carbocycles. The normalized spacial score (nSPS) is 11.9. The van der Waals surface area contributed by atoms with Gasteiger partial charge < -0.3 is 10.1 Å². The maximum absolute atomic E-state index is 11.2. The largest absolute Gasteiger partial charge is 0.466 e. The summed E-state index contributed by atoms with van der Waals surface area (Å²) in [6.07, 6.45) is 0.392. The molecule has 0 heterocycles. The first-order chi connectivity index (χ1) is 7.22. The molecular formula is C12H17NO2. The Balaban J connectivity index is 2.36. The molecule has 0 aliphatic rings. The molecule has 82 valence electrons. The minimum absolute atomic E-state index is 0.0893. The summed E-state index contributed by atoms with van der Waals surface area (Å²) in [6.45, 7) is 4.22. The third-order valence-corrected chi connectivity index (χ3v) is 1.97. The van der Waals surface area contributed by atoms with Crippen molar-refractivity contribution >= 4 is 11.7 Å². The Kier molecular flexibility index (Phi) is 4.68. The number of esters is 1. The van der Waals surface area contributed by atoms with Gasteiger partial charge in [-0.3, -0.25) is 4.79 Å². The van der Waals surface area contributed by atoms with Gasteiger partial charge in [-0.2, -0.15) is 0 Å². The molecule has 1 aromatic rings. The SMILES string of the molecule is CCOC(=O)C[C@H](C)Nc1ccccc1. The van der Waals surface area contributed by atoms with Crippen molar-refractivity contribution in [2.75, 3.05) is 11.9 Å². The quantitative estimate of drug-likeness (QED) is 0.754. The Morgan fingerprint density at radius 1 is 1.40 bits per heavy atom. The van der Waals surface area contributed by atoms with E-state index in [4.69, 9.17) is 4.74 Å². The van der Waals surface area contributed by atoms with Crippen LogP contribution in [0.1, 0.15) is 20.3 Å². The first-order valence-electron chi connectivity index (χ1n) is 5.19. The molecule has 0 fully saturated rings. The average molecular weight is 207 g/mol. The van der Waals surface area contributed by atoms with E-state index in [1.54, 1.807) is 0 Å². The molecule has 1 N–H and O–H groups in total. The number of hydrogen-bond donors (Lipinski definition) is 1. The summed E-state index contributed by atoms with van der Waals surface area (Å²) in [4.78, 5) is 11.2. The molecule has 0 saturated heterocycles. The number of carbonyl (C=O) groups is 1. The van der Waals surface area contributed by atoms with Gasteiger partial charge in [-0.25, -0.2) is 0 Å². The predicted molar refractivity (Wildman–Crippen MR) is 60.8 cm³/mol. The minimum atomic E-state index is -0.159. The predicted octanol–water partition coefficient (Wildman–Crippen LogP) is 2.44. The summed E-state index contributed by atoms with van der Waals surface area (Å²) in [5.74, 6) is -0.159. The van der Waals surface area contributed by atoms with Crippen LogP contribution in [-0.4, -0.2) is 18.6 Å². The number of carbonyl (C=O) groups excluding carboxylic acids is 1. The zero-order valence-corrected chi connectivity index (χ0v) is 9.19. The van der Waals surface area contributed by atoms with E-state index in [1.807, 2.05) is 44.2 Å². The highest BCUT2D eigenvalue weighted by atomic mass is 16.5. The van der Waals surface area contributed by atoms with Gasteiger partial charge >= 0.3 is 5.97 Å². The van der Waals surface area contributed by atoms with E-state index < -0.39 is 0 Å². The highest BCUT2D eigenvalue weighted by molar-refractivity contribution is 5.70. The maximum Gasteiger partial charge on any atom is 0.307 e. The van der Waals surface area contributed by atoms with Crippen LogP contribution in [0.3, 0.4) is 0 Å². The van der Waals surface area contributed by atoms with Crippen molar-refractivity contribution in [1.29, 1.82) is 0 Å². The van der Waals surface area contributed by atoms with Crippen LogP contribution in [0.5, 0.6) is 0 Å². The van der Waals surface area contributed by atoms with Crippen LogP contribution in [0.25, 0.3) is 0 Å². The maximum atomic E-state index is 11.2. The lowest BCUT2D eigenvalue weighted by Gasteiger charge is -2.14. The fourth-order valence-corrected chi connectivity index (χ4v) is 1.34. The molecule has 0 aromatic heterocycles. The van der Waals surface area contributed by atoms with Crippen LogP contribution >= 0.6 is 0 Å². The second-order valence-corrected chi connectivity index (χ2v) is 3.42. The third kappa shape index (κ3) is 4.49. The van der Waals surface area contributed by atoms with Crippen molar-refractivity contribution in [2.24, 2.45) is 0 Å². The van der Waals surface area contributed by atoms with Gasteiger partial charge in [0.1, 0.15) is 0 Å². The topological polar surface area (TPSA) is 38.3 Å². The second-order valence-electron chi connectivity index (χ2n) is 3.42. The molecule has 0 bridgehead atoms. The summed E-state index contributed by atoms with van der Waals surface area (Å²) in [5, 5.41) is 3.23. The number of rotatable bonds is 5. The van der Waals surface area contributed by atoms with Crippen molar-refractivity contribution in [2.45, 2.75) is 26.3 Å². The fraction of sp³-hybridized carbons (Fsp3) is 0.417. The van der Waals surface area contributed by atoms with Crippen molar-refractivity contribution in [3.05, 3.63) is 30.3 Å². The highest BCUT2D eigenvalue weighted by Crippen LogP contribution is 2.08. The first kappa shape index (κ1) is 11.6. The second kappa shape index (κ2) is 6.06. The lowest BCUT2D eigenvalue weighted by Crippen LogP contribution is -2.20. The molecular weight excluding hydrogens is 190 g/mol. The average Bonchev–Trinajstić information content (AvgIpc) is 2.19. The van der Waals surface area contributed by atoms with Gasteiger partial charge in [-0.1, -0.05) is 18.2 Å². The molecule has 15 heavy (non-hydrogen) atoms. The molecule has 0 radical (unpaired) electrons. The molecule has 0 spiro atoms. The van der Waals surface area contributed by atoms with Crippen LogP contribution in [0.15, 0.2) is 30.3 Å². The van der Waals surface area contributed by atoms with E-state index in [2.05, 4.69) is 5.32 Å². The summed E-state index contributed by atoms with van der Waals surface area (Å²) in [7, 11) is 0. The van der Waals surface area contributed by atoms with Gasteiger partial charge in [0.15, 0.2) is 0 Å². The fourth-order valence-electron chi connectivity index (χ4n) is 1.34. The smallest absolute Gasteiger partial charge is 0.307 e. The molecule has 0 amide bonds. The summed E-state index contributed by atoms with van der Waals surface area (Å²) >= 11 is 0. The Morgan fingerprint density at radius 2 is 2.07 bits per heavy atom. The first-order valence-corrected chi connectivity index (χ1v) is 5.19. The molecule has 1 atom stereocenters. The number of hydrogen-bond acceptors (Lipinski definition) is 3. The van der Waals surface area contributed by atoms with E-state index in [1.165, 1.54) is 0 Å². The number of anilines is 1. The van der Waals surface area contributed by atoms with E-state index >= 15 is 0 Å². The zero-order chi connectivity index (χ0) is 11.1. The van der Waals surface area contributed by atoms with E-state index in [0.29, 0.717) is 13.0 Å². The summed E-state index contributed by atoms with van der Waals surface area (Å²) in [5.41, 5.74) is 1.02.